The molecule has 0 saturated carbocycles. The zero-order valence-electron chi connectivity index (χ0n) is 31.7. The van der Waals surface area contributed by atoms with Crippen molar-refractivity contribution in [1.82, 2.24) is 30.1 Å². The molecule has 19 heteroatoms. The fourth-order valence-corrected chi connectivity index (χ4v) is 7.08. The van der Waals surface area contributed by atoms with E-state index in [2.05, 4.69) is 25.8 Å². The highest BCUT2D eigenvalue weighted by atomic mass is 35.5. The van der Waals surface area contributed by atoms with Crippen molar-refractivity contribution < 1.29 is 42.9 Å². The zero-order valence-corrected chi connectivity index (χ0v) is 32.5. The maximum atomic E-state index is 13.0. The van der Waals surface area contributed by atoms with Crippen LogP contribution in [0, 0.1) is 0 Å². The second-order valence-corrected chi connectivity index (χ2v) is 14.2. The smallest absolute Gasteiger partial charge is 0.293 e. The molecular weight excluding hydrogens is 776 g/mol. The first-order chi connectivity index (χ1) is 28.0. The number of halogens is 1. The summed E-state index contributed by atoms with van der Waals surface area (Å²) < 4.78 is 24.4. The molecule has 1 unspecified atom stereocenters. The number of carbonyl (C=O) groups is 5. The summed E-state index contributed by atoms with van der Waals surface area (Å²) in [5, 5.41) is 8.94. The van der Waals surface area contributed by atoms with Gasteiger partial charge in [-0.3, -0.25) is 39.0 Å². The molecule has 0 aliphatic carbocycles. The Kier molecular flexibility index (Phi) is 12.2. The number of fused-ring (bicyclic) bond motifs is 2. The van der Waals surface area contributed by atoms with Crippen LogP contribution in [0.5, 0.6) is 11.5 Å². The second kappa shape index (κ2) is 17.6. The van der Waals surface area contributed by atoms with Gasteiger partial charge in [-0.1, -0.05) is 11.6 Å². The van der Waals surface area contributed by atoms with Crippen LogP contribution in [0.3, 0.4) is 0 Å². The van der Waals surface area contributed by atoms with Gasteiger partial charge in [-0.05, 0) is 61.7 Å². The number of carbonyl (C=O) groups excluding carboxylic acids is 5. The van der Waals surface area contributed by atoms with Crippen LogP contribution in [0.2, 0.25) is 5.02 Å². The number of ether oxygens (including phenoxy) is 4. The summed E-state index contributed by atoms with van der Waals surface area (Å²) in [4.78, 5) is 86.3. The van der Waals surface area contributed by atoms with Gasteiger partial charge in [-0.25, -0.2) is 4.98 Å². The highest BCUT2D eigenvalue weighted by molar-refractivity contribution is 6.33. The quantitative estimate of drug-likeness (QED) is 0.116. The van der Waals surface area contributed by atoms with E-state index in [9.17, 15) is 28.8 Å². The molecule has 0 radical (unpaired) electrons. The molecule has 18 nitrogen and oxygen atoms in total. The van der Waals surface area contributed by atoms with E-state index in [0.717, 1.165) is 17.7 Å². The van der Waals surface area contributed by atoms with Gasteiger partial charge in [0.25, 0.3) is 23.3 Å². The van der Waals surface area contributed by atoms with Gasteiger partial charge in [-0.15, -0.1) is 0 Å². The lowest BCUT2D eigenvalue weighted by Crippen LogP contribution is -2.54. The molecule has 7 rings (SSSR count). The lowest BCUT2D eigenvalue weighted by molar-refractivity contribution is -0.136. The molecule has 5 heterocycles. The molecule has 2 aromatic heterocycles. The molecule has 2 aromatic carbocycles. The van der Waals surface area contributed by atoms with E-state index in [0.29, 0.717) is 65.4 Å². The average Bonchev–Trinajstić information content (AvgIpc) is 3.46. The Hall–Kier alpha value is -6.11. The van der Waals surface area contributed by atoms with Crippen LogP contribution in [0.4, 0.5) is 17.5 Å². The number of anilines is 3. The van der Waals surface area contributed by atoms with Crippen molar-refractivity contribution in [3.8, 4) is 11.5 Å². The second-order valence-electron chi connectivity index (χ2n) is 13.8. The maximum Gasteiger partial charge on any atom is 0.293 e. The van der Waals surface area contributed by atoms with Crippen LogP contribution in [0.25, 0.3) is 10.9 Å². The number of aromatic nitrogens is 3. The standard InChI is InChI=1S/C39H41ClN8O10/c1-41-33(50)21-58-31-18-22-17-23(3-6-29(22)46(2)38(31)54)43-34-28(40)20-42-39(45-34)47-11-9-24(10-12-47)56-15-13-55-14-16-57-25-4-5-26-27(19-25)37(53)48(36(26)52)30-7-8-32(49)44-35(30)51/h3-6,17-20,24,30H,7-16,21H2,1-2H3,(H,41,50)(H,42,43,45)(H,44,49,51). The van der Waals surface area contributed by atoms with Gasteiger partial charge in [0.05, 0.1) is 48.8 Å². The highest BCUT2D eigenvalue weighted by Gasteiger charge is 2.44. The third kappa shape index (κ3) is 8.73. The normalized spacial score (nSPS) is 17.1. The number of hydrogen-bond acceptors (Lipinski definition) is 14. The van der Waals surface area contributed by atoms with Crippen LogP contribution in [-0.2, 0) is 30.9 Å². The first kappa shape index (κ1) is 40.1. The van der Waals surface area contributed by atoms with Crippen LogP contribution in [-0.4, -0.2) is 114 Å². The van der Waals surface area contributed by atoms with Crippen molar-refractivity contribution in [2.24, 2.45) is 7.05 Å². The summed E-state index contributed by atoms with van der Waals surface area (Å²) in [5.74, 6) is -1.24. The van der Waals surface area contributed by atoms with Crippen LogP contribution >= 0.6 is 11.6 Å². The topological polar surface area (TPSA) is 213 Å². The number of likely N-dealkylation sites (N-methyl/N-ethyl adjacent to an activating group) is 1. The van der Waals surface area contributed by atoms with Gasteiger partial charge >= 0.3 is 0 Å². The monoisotopic (exact) mass is 816 g/mol. The predicted octanol–water partition coefficient (Wildman–Crippen LogP) is 2.33. The Morgan fingerprint density at radius 2 is 1.71 bits per heavy atom. The summed E-state index contributed by atoms with van der Waals surface area (Å²) in [6.45, 7) is 2.28. The minimum atomic E-state index is -1.03. The van der Waals surface area contributed by atoms with Crippen molar-refractivity contribution in [1.29, 1.82) is 0 Å². The molecule has 0 bridgehead atoms. The average molecular weight is 817 g/mol. The highest BCUT2D eigenvalue weighted by Crippen LogP contribution is 2.31. The minimum absolute atomic E-state index is 0.0335. The summed E-state index contributed by atoms with van der Waals surface area (Å²) >= 11 is 6.49. The Balaban J connectivity index is 0.836. The number of amides is 5. The number of rotatable bonds is 15. The van der Waals surface area contributed by atoms with Gasteiger partial charge < -0.3 is 39.0 Å². The van der Waals surface area contributed by atoms with Gasteiger partial charge in [0.1, 0.15) is 23.4 Å². The van der Waals surface area contributed by atoms with Crippen molar-refractivity contribution in [3.63, 3.8) is 0 Å². The number of nitrogens with zero attached hydrogens (tertiary/aromatic N) is 5. The number of imide groups is 2. The molecule has 58 heavy (non-hydrogen) atoms. The van der Waals surface area contributed by atoms with E-state index in [1.54, 1.807) is 31.4 Å². The van der Waals surface area contributed by atoms with E-state index < -0.39 is 29.7 Å². The van der Waals surface area contributed by atoms with Crippen LogP contribution in [0.1, 0.15) is 46.4 Å². The first-order valence-electron chi connectivity index (χ1n) is 18.7. The van der Waals surface area contributed by atoms with Crippen molar-refractivity contribution in [2.45, 2.75) is 37.8 Å². The molecule has 0 spiro atoms. The Morgan fingerprint density at radius 3 is 2.48 bits per heavy atom. The number of hydrogen-bond donors (Lipinski definition) is 3. The summed E-state index contributed by atoms with van der Waals surface area (Å²) in [7, 11) is 3.13. The molecule has 5 amide bonds. The van der Waals surface area contributed by atoms with Gasteiger partial charge in [-0.2, -0.15) is 4.98 Å². The lowest BCUT2D eigenvalue weighted by Gasteiger charge is -2.32. The molecule has 3 N–H and O–H groups in total. The number of nitrogens with one attached hydrogen (secondary N) is 3. The molecule has 2 fully saturated rings. The molecular formula is C39H41ClN8O10. The summed E-state index contributed by atoms with van der Waals surface area (Å²) in [5.41, 5.74) is 1.32. The molecule has 2 saturated heterocycles. The van der Waals surface area contributed by atoms with E-state index in [1.165, 1.54) is 23.7 Å². The van der Waals surface area contributed by atoms with E-state index in [1.807, 2.05) is 12.1 Å². The lowest BCUT2D eigenvalue weighted by atomic mass is 10.0. The number of aryl methyl sites for hydroxylation is 1. The van der Waals surface area contributed by atoms with Gasteiger partial charge in [0, 0.05) is 44.7 Å². The van der Waals surface area contributed by atoms with E-state index in [-0.39, 0.29) is 67.1 Å². The third-order valence-electron chi connectivity index (χ3n) is 10.0. The molecule has 3 aliphatic rings. The summed E-state index contributed by atoms with van der Waals surface area (Å²) in [6.07, 6.45) is 3.23. The van der Waals surface area contributed by atoms with Crippen LogP contribution in [0.15, 0.2) is 53.5 Å². The Labute approximate surface area is 336 Å². The Morgan fingerprint density at radius 1 is 0.931 bits per heavy atom. The SMILES string of the molecule is CNC(=O)COc1cc2cc(Nc3nc(N4CCC(OCCOCCOc5ccc6c(c5)C(=O)N(C5CCC(=O)NC5=O)C6=O)CC4)ncc3Cl)ccc2n(C)c1=O. The fraction of sp³-hybridized carbons (Fsp3) is 0.385. The largest absolute Gasteiger partial charge is 0.491 e. The fourth-order valence-electron chi connectivity index (χ4n) is 6.94. The molecule has 4 aromatic rings. The Bertz CT molecular complexity index is 2330. The molecule has 304 valence electrons. The van der Waals surface area contributed by atoms with Crippen molar-refractivity contribution in [3.05, 3.63) is 75.2 Å². The van der Waals surface area contributed by atoms with Gasteiger partial charge in [0.2, 0.25) is 17.8 Å². The van der Waals surface area contributed by atoms with E-state index in [4.69, 9.17) is 35.5 Å². The minimum Gasteiger partial charge on any atom is -0.491 e. The predicted molar refractivity (Wildman–Crippen MR) is 210 cm³/mol. The third-order valence-corrected chi connectivity index (χ3v) is 10.3. The van der Waals surface area contributed by atoms with Gasteiger partial charge in [0.15, 0.2) is 18.2 Å². The number of pyridine rings is 1. The maximum absolute atomic E-state index is 13.0. The molecule has 3 aliphatic heterocycles. The van der Waals surface area contributed by atoms with Crippen LogP contribution < -0.4 is 35.9 Å². The summed E-state index contributed by atoms with van der Waals surface area (Å²) in [6, 6.07) is 10.6. The number of benzene rings is 2. The van der Waals surface area contributed by atoms with Crippen molar-refractivity contribution >= 4 is 69.5 Å². The first-order valence-corrected chi connectivity index (χ1v) is 19.1. The molecule has 1 atom stereocenters. The number of piperidine rings is 2. The zero-order chi connectivity index (χ0) is 40.9. The van der Waals surface area contributed by atoms with E-state index >= 15 is 0 Å². The van der Waals surface area contributed by atoms with Crippen molar-refractivity contribution in [2.75, 3.05) is 63.4 Å².